The maximum atomic E-state index is 12.8. The average molecular weight is 277 g/mol. The smallest absolute Gasteiger partial charge is 0.123 e. The van der Waals surface area contributed by atoms with Crippen molar-refractivity contribution in [2.45, 2.75) is 10.9 Å². The second-order valence-electron chi connectivity index (χ2n) is 4.15. The van der Waals surface area contributed by atoms with Crippen molar-refractivity contribution in [1.29, 1.82) is 0 Å². The van der Waals surface area contributed by atoms with Crippen molar-refractivity contribution >= 4 is 11.8 Å². The van der Waals surface area contributed by atoms with Crippen LogP contribution in [0.2, 0.25) is 0 Å². The van der Waals surface area contributed by atoms with Gasteiger partial charge in [0.1, 0.15) is 11.6 Å². The molecule has 0 aliphatic carbocycles. The summed E-state index contributed by atoms with van der Waals surface area (Å²) < 4.78 is 18.0. The summed E-state index contributed by atoms with van der Waals surface area (Å²) in [6, 6.07) is 14.1. The number of halogens is 1. The van der Waals surface area contributed by atoms with E-state index in [4.69, 9.17) is 10.5 Å². The maximum Gasteiger partial charge on any atom is 0.123 e. The molecule has 0 saturated heterocycles. The number of methoxy groups -OCH3 is 1. The Morgan fingerprint density at radius 1 is 1.21 bits per heavy atom. The van der Waals surface area contributed by atoms with Gasteiger partial charge >= 0.3 is 0 Å². The van der Waals surface area contributed by atoms with Crippen LogP contribution in [0.3, 0.4) is 0 Å². The van der Waals surface area contributed by atoms with Crippen LogP contribution in [0.1, 0.15) is 11.6 Å². The first-order chi connectivity index (χ1) is 9.19. The van der Waals surface area contributed by atoms with E-state index in [2.05, 4.69) is 0 Å². The summed E-state index contributed by atoms with van der Waals surface area (Å²) in [6.45, 7) is 0. The van der Waals surface area contributed by atoms with Crippen LogP contribution in [0.25, 0.3) is 0 Å². The maximum absolute atomic E-state index is 12.8. The summed E-state index contributed by atoms with van der Waals surface area (Å²) in [7, 11) is 1.65. The van der Waals surface area contributed by atoms with Crippen LogP contribution in [0, 0.1) is 5.82 Å². The summed E-state index contributed by atoms with van der Waals surface area (Å²) in [4.78, 5) is 1.11. The fraction of sp³-hybridized carbons (Fsp3) is 0.200. The summed E-state index contributed by atoms with van der Waals surface area (Å²) in [6.07, 6.45) is 0. The molecule has 0 saturated carbocycles. The summed E-state index contributed by atoms with van der Waals surface area (Å²) >= 11 is 1.66. The van der Waals surface area contributed by atoms with E-state index in [1.807, 2.05) is 24.3 Å². The third-order valence-electron chi connectivity index (χ3n) is 2.77. The van der Waals surface area contributed by atoms with Crippen LogP contribution in [0.4, 0.5) is 4.39 Å². The van der Waals surface area contributed by atoms with Crippen molar-refractivity contribution in [2.24, 2.45) is 5.73 Å². The minimum Gasteiger partial charge on any atom is -0.497 e. The van der Waals surface area contributed by atoms with Crippen molar-refractivity contribution in [3.8, 4) is 5.75 Å². The molecule has 0 heterocycles. The Bertz CT molecular complexity index is 530. The highest BCUT2D eigenvalue weighted by Gasteiger charge is 2.07. The lowest BCUT2D eigenvalue weighted by Gasteiger charge is -2.12. The molecule has 100 valence electrons. The topological polar surface area (TPSA) is 35.2 Å². The summed E-state index contributed by atoms with van der Waals surface area (Å²) in [5.41, 5.74) is 7.03. The van der Waals surface area contributed by atoms with Gasteiger partial charge in [0.25, 0.3) is 0 Å². The number of thioether (sulfide) groups is 1. The Hall–Kier alpha value is -1.52. The van der Waals surface area contributed by atoms with Gasteiger partial charge in [-0.05, 0) is 35.9 Å². The molecule has 0 bridgehead atoms. The van der Waals surface area contributed by atoms with Crippen molar-refractivity contribution in [3.05, 3.63) is 59.9 Å². The van der Waals surface area contributed by atoms with E-state index >= 15 is 0 Å². The number of rotatable bonds is 5. The first kappa shape index (κ1) is 13.9. The molecule has 0 radical (unpaired) electrons. The highest BCUT2D eigenvalue weighted by Crippen LogP contribution is 2.26. The number of hydrogen-bond donors (Lipinski definition) is 1. The van der Waals surface area contributed by atoms with Gasteiger partial charge in [-0.15, -0.1) is 11.8 Å². The third-order valence-corrected chi connectivity index (χ3v) is 3.88. The van der Waals surface area contributed by atoms with Gasteiger partial charge in [-0.1, -0.05) is 18.2 Å². The molecular weight excluding hydrogens is 261 g/mol. The molecule has 1 unspecified atom stereocenters. The molecule has 0 spiro atoms. The highest BCUT2D eigenvalue weighted by molar-refractivity contribution is 7.99. The Morgan fingerprint density at radius 2 is 1.95 bits per heavy atom. The molecular formula is C15H16FNOS. The molecule has 2 aromatic carbocycles. The third kappa shape index (κ3) is 3.98. The van der Waals surface area contributed by atoms with Crippen molar-refractivity contribution in [2.75, 3.05) is 12.9 Å². The van der Waals surface area contributed by atoms with Gasteiger partial charge in [-0.3, -0.25) is 0 Å². The molecule has 2 aromatic rings. The number of ether oxygens (including phenoxy) is 1. The first-order valence-corrected chi connectivity index (χ1v) is 6.95. The second-order valence-corrected chi connectivity index (χ2v) is 5.24. The van der Waals surface area contributed by atoms with Crippen LogP contribution in [-0.2, 0) is 0 Å². The molecule has 0 fully saturated rings. The first-order valence-electron chi connectivity index (χ1n) is 5.97. The lowest BCUT2D eigenvalue weighted by atomic mass is 10.1. The van der Waals surface area contributed by atoms with Crippen LogP contribution in [-0.4, -0.2) is 12.9 Å². The van der Waals surface area contributed by atoms with Gasteiger partial charge in [0.2, 0.25) is 0 Å². The molecule has 2 rings (SSSR count). The lowest BCUT2D eigenvalue weighted by Crippen LogP contribution is -2.12. The molecule has 2 nitrogen and oxygen atoms in total. The Morgan fingerprint density at radius 3 is 2.63 bits per heavy atom. The van der Waals surface area contributed by atoms with Crippen molar-refractivity contribution in [1.82, 2.24) is 0 Å². The van der Waals surface area contributed by atoms with Crippen molar-refractivity contribution in [3.63, 3.8) is 0 Å². The highest BCUT2D eigenvalue weighted by atomic mass is 32.2. The largest absolute Gasteiger partial charge is 0.497 e. The zero-order chi connectivity index (χ0) is 13.7. The second kappa shape index (κ2) is 6.59. The predicted octanol–water partition coefficient (Wildman–Crippen LogP) is 3.63. The molecule has 1 atom stereocenters. The van der Waals surface area contributed by atoms with Crippen LogP contribution < -0.4 is 10.5 Å². The van der Waals surface area contributed by atoms with E-state index in [-0.39, 0.29) is 11.9 Å². The zero-order valence-electron chi connectivity index (χ0n) is 10.7. The fourth-order valence-electron chi connectivity index (χ4n) is 1.68. The Labute approximate surface area is 116 Å². The zero-order valence-corrected chi connectivity index (χ0v) is 11.5. The lowest BCUT2D eigenvalue weighted by molar-refractivity contribution is 0.413. The molecule has 0 aliphatic rings. The molecule has 19 heavy (non-hydrogen) atoms. The number of nitrogens with two attached hydrogens (primary N) is 1. The number of hydrogen-bond acceptors (Lipinski definition) is 3. The van der Waals surface area contributed by atoms with E-state index in [0.29, 0.717) is 0 Å². The van der Waals surface area contributed by atoms with E-state index in [9.17, 15) is 4.39 Å². The molecule has 0 aliphatic heterocycles. The predicted molar refractivity (Wildman–Crippen MR) is 77.0 cm³/mol. The number of benzene rings is 2. The minimum absolute atomic E-state index is 0.114. The quantitative estimate of drug-likeness (QED) is 0.848. The van der Waals surface area contributed by atoms with Crippen LogP contribution >= 0.6 is 11.8 Å². The van der Waals surface area contributed by atoms with Crippen LogP contribution in [0.15, 0.2) is 53.4 Å². The molecule has 4 heteroatoms. The van der Waals surface area contributed by atoms with E-state index in [0.717, 1.165) is 22.0 Å². The van der Waals surface area contributed by atoms with E-state index in [1.165, 1.54) is 12.1 Å². The van der Waals surface area contributed by atoms with Crippen molar-refractivity contribution < 1.29 is 9.13 Å². The van der Waals surface area contributed by atoms with Gasteiger partial charge < -0.3 is 10.5 Å². The monoisotopic (exact) mass is 277 g/mol. The van der Waals surface area contributed by atoms with E-state index < -0.39 is 0 Å². The fourth-order valence-corrected chi connectivity index (χ4v) is 2.62. The summed E-state index contributed by atoms with van der Waals surface area (Å²) in [5, 5.41) is 0. The van der Waals surface area contributed by atoms with Gasteiger partial charge in [-0.25, -0.2) is 4.39 Å². The Balaban J connectivity index is 1.96. The van der Waals surface area contributed by atoms with Gasteiger partial charge in [0.15, 0.2) is 0 Å². The SMILES string of the molecule is COc1cccc(SCC(N)c2ccc(F)cc2)c1. The average Bonchev–Trinajstić information content (AvgIpc) is 2.46. The van der Waals surface area contributed by atoms with Crippen LogP contribution in [0.5, 0.6) is 5.75 Å². The van der Waals surface area contributed by atoms with Gasteiger partial charge in [0, 0.05) is 16.7 Å². The molecule has 0 amide bonds. The minimum atomic E-state index is -0.239. The standard InChI is InChI=1S/C15H16FNOS/c1-18-13-3-2-4-14(9-13)19-10-15(17)11-5-7-12(16)8-6-11/h2-9,15H,10,17H2,1H3. The summed E-state index contributed by atoms with van der Waals surface area (Å²) in [5.74, 6) is 1.33. The Kier molecular flexibility index (Phi) is 4.82. The van der Waals surface area contributed by atoms with E-state index in [1.54, 1.807) is 31.0 Å². The molecule has 0 aromatic heterocycles. The molecule has 2 N–H and O–H groups in total. The van der Waals surface area contributed by atoms with Gasteiger partial charge in [0.05, 0.1) is 7.11 Å². The van der Waals surface area contributed by atoms with Gasteiger partial charge in [-0.2, -0.15) is 0 Å². The normalized spacial score (nSPS) is 12.2.